The monoisotopic (exact) mass is 680 g/mol. The van der Waals surface area contributed by atoms with E-state index in [1.165, 1.54) is 0 Å². The summed E-state index contributed by atoms with van der Waals surface area (Å²) in [4.78, 5) is 68.6. The standard InChI is InChI=1S/2C14H16N2O6.4CH4/c2*1-14(7-20-13(19)21-8-14)11(17)22-9-15-12(18)16-10-5-3-2-4-6-10;;;;/h2*2-6H,7-9H2,1H3,(H2,15,16,18);4*1H4. The fraction of sp³-hybridized carbons (Fsp3) is 0.438. The van der Waals surface area contributed by atoms with E-state index in [0.717, 1.165) is 0 Å². The van der Waals surface area contributed by atoms with E-state index in [1.807, 2.05) is 12.1 Å². The van der Waals surface area contributed by atoms with E-state index in [0.29, 0.717) is 11.4 Å². The van der Waals surface area contributed by atoms with Gasteiger partial charge in [0.1, 0.15) is 37.3 Å². The first-order chi connectivity index (χ1) is 21.0. The zero-order valence-electron chi connectivity index (χ0n) is 23.9. The molecule has 16 heteroatoms. The molecule has 0 bridgehead atoms. The number of para-hydroxylation sites is 2. The Hall–Kier alpha value is -5.54. The molecule has 2 fully saturated rings. The van der Waals surface area contributed by atoms with E-state index in [9.17, 15) is 28.8 Å². The summed E-state index contributed by atoms with van der Waals surface area (Å²) >= 11 is 0. The lowest BCUT2D eigenvalue weighted by Crippen LogP contribution is -2.45. The molecule has 0 spiro atoms. The molecule has 48 heavy (non-hydrogen) atoms. The number of nitrogens with one attached hydrogen (secondary N) is 4. The highest BCUT2D eigenvalue weighted by molar-refractivity contribution is 5.90. The zero-order chi connectivity index (χ0) is 32.0. The van der Waals surface area contributed by atoms with Gasteiger partial charge < -0.3 is 49.7 Å². The molecule has 0 atom stereocenters. The third kappa shape index (κ3) is 14.3. The smallest absolute Gasteiger partial charge is 0.444 e. The molecular weight excluding hydrogens is 632 g/mol. The lowest BCUT2D eigenvalue weighted by atomic mass is 9.93. The van der Waals surface area contributed by atoms with Crippen LogP contribution in [0.1, 0.15) is 43.6 Å². The molecule has 16 nitrogen and oxygen atoms in total. The minimum absolute atomic E-state index is 0. The molecule has 0 saturated carbocycles. The summed E-state index contributed by atoms with van der Waals surface area (Å²) in [6.45, 7) is 1.99. The number of hydrogen-bond donors (Lipinski definition) is 4. The van der Waals surface area contributed by atoms with E-state index in [4.69, 9.17) is 9.47 Å². The third-order valence-electron chi connectivity index (χ3n) is 5.96. The number of cyclic esters (lactones) is 4. The zero-order valence-corrected chi connectivity index (χ0v) is 23.9. The van der Waals surface area contributed by atoms with Gasteiger partial charge in [-0.25, -0.2) is 19.2 Å². The largest absolute Gasteiger partial charge is 0.508 e. The molecule has 4 amide bonds. The lowest BCUT2D eigenvalue weighted by Gasteiger charge is -2.29. The fourth-order valence-corrected chi connectivity index (χ4v) is 3.35. The average molecular weight is 681 g/mol. The lowest BCUT2D eigenvalue weighted by molar-refractivity contribution is -0.167. The molecule has 4 rings (SSSR count). The highest BCUT2D eigenvalue weighted by atomic mass is 16.7. The van der Waals surface area contributed by atoms with E-state index < -0.39 is 47.1 Å². The number of rotatable bonds is 8. The van der Waals surface area contributed by atoms with Crippen molar-refractivity contribution in [1.82, 2.24) is 10.6 Å². The van der Waals surface area contributed by atoms with Crippen LogP contribution in [-0.2, 0) is 38.0 Å². The van der Waals surface area contributed by atoms with Crippen LogP contribution in [0.4, 0.5) is 30.6 Å². The van der Waals surface area contributed by atoms with Crippen LogP contribution in [0.2, 0.25) is 0 Å². The Morgan fingerprint density at radius 3 is 1.17 bits per heavy atom. The third-order valence-corrected chi connectivity index (χ3v) is 5.96. The molecule has 0 unspecified atom stereocenters. The Labute approximate surface area is 281 Å². The van der Waals surface area contributed by atoms with Gasteiger partial charge in [-0.1, -0.05) is 66.1 Å². The van der Waals surface area contributed by atoms with Gasteiger partial charge in [-0.15, -0.1) is 0 Å². The molecule has 4 N–H and O–H groups in total. The molecule has 0 radical (unpaired) electrons. The quantitative estimate of drug-likeness (QED) is 0.155. The normalized spacial score (nSPS) is 14.6. The first-order valence-corrected chi connectivity index (χ1v) is 13.1. The number of esters is 2. The highest BCUT2D eigenvalue weighted by Gasteiger charge is 2.42. The van der Waals surface area contributed by atoms with Gasteiger partial charge in [-0.2, -0.15) is 0 Å². The topological polar surface area (TPSA) is 206 Å². The average Bonchev–Trinajstić information content (AvgIpc) is 3.01. The Morgan fingerprint density at radius 2 is 0.875 bits per heavy atom. The summed E-state index contributed by atoms with van der Waals surface area (Å²) < 4.78 is 28.5. The van der Waals surface area contributed by atoms with E-state index in [1.54, 1.807) is 62.4 Å². The molecular formula is C32H48N4O12. The van der Waals surface area contributed by atoms with Gasteiger partial charge >= 0.3 is 36.3 Å². The van der Waals surface area contributed by atoms with Gasteiger partial charge in [-0.3, -0.25) is 9.59 Å². The number of hydrogen-bond acceptors (Lipinski definition) is 12. The van der Waals surface area contributed by atoms with Crippen molar-refractivity contribution in [2.75, 3.05) is 50.5 Å². The summed E-state index contributed by atoms with van der Waals surface area (Å²) in [6, 6.07) is 16.6. The molecule has 0 aliphatic carbocycles. The summed E-state index contributed by atoms with van der Waals surface area (Å²) in [6.07, 6.45) is -1.63. The van der Waals surface area contributed by atoms with Crippen molar-refractivity contribution in [2.24, 2.45) is 10.8 Å². The van der Waals surface area contributed by atoms with Crippen LogP contribution in [-0.4, -0.2) is 76.2 Å². The molecule has 2 aromatic carbocycles. The van der Waals surface area contributed by atoms with Gasteiger partial charge in [0.15, 0.2) is 13.5 Å². The number of amides is 4. The SMILES string of the molecule is C.C.C.C.CC1(C(=O)OCNC(=O)Nc2ccccc2)COC(=O)OC1.CC1(C(=O)OCNC(=O)Nc2ccccc2)COC(=O)OC1. The van der Waals surface area contributed by atoms with Crippen molar-refractivity contribution >= 4 is 47.7 Å². The number of carbonyl (C=O) groups is 6. The summed E-state index contributed by atoms with van der Waals surface area (Å²) in [5.74, 6) is -1.25. The minimum atomic E-state index is -1.08. The number of anilines is 2. The second-order valence-corrected chi connectivity index (χ2v) is 9.92. The first-order valence-electron chi connectivity index (χ1n) is 13.1. The van der Waals surface area contributed by atoms with Crippen molar-refractivity contribution in [3.05, 3.63) is 60.7 Å². The molecule has 2 aliphatic heterocycles. The molecule has 268 valence electrons. The van der Waals surface area contributed by atoms with Crippen molar-refractivity contribution in [2.45, 2.75) is 43.6 Å². The van der Waals surface area contributed by atoms with Gasteiger partial charge in [0.2, 0.25) is 0 Å². The maximum atomic E-state index is 11.9. The molecule has 2 saturated heterocycles. The van der Waals surface area contributed by atoms with Crippen LogP contribution in [0.15, 0.2) is 60.7 Å². The molecule has 2 aromatic rings. The van der Waals surface area contributed by atoms with E-state index in [-0.39, 0.29) is 69.6 Å². The van der Waals surface area contributed by atoms with Crippen LogP contribution < -0.4 is 21.3 Å². The van der Waals surface area contributed by atoms with E-state index >= 15 is 0 Å². The van der Waals surface area contributed by atoms with Crippen molar-refractivity contribution in [1.29, 1.82) is 0 Å². The van der Waals surface area contributed by atoms with Crippen LogP contribution >= 0.6 is 0 Å². The predicted octanol–water partition coefficient (Wildman–Crippen LogP) is 5.51. The summed E-state index contributed by atoms with van der Waals surface area (Å²) in [7, 11) is 0. The second-order valence-electron chi connectivity index (χ2n) is 9.92. The fourth-order valence-electron chi connectivity index (χ4n) is 3.35. The number of carbonyl (C=O) groups excluding carboxylic acids is 6. The highest BCUT2D eigenvalue weighted by Crippen LogP contribution is 2.24. The van der Waals surface area contributed by atoms with Gasteiger partial charge in [0, 0.05) is 11.4 Å². The summed E-state index contributed by atoms with van der Waals surface area (Å²) in [5.41, 5.74) is -0.923. The molecule has 2 heterocycles. The number of ether oxygens (including phenoxy) is 6. The molecule has 2 aliphatic rings. The van der Waals surface area contributed by atoms with Crippen LogP contribution in [0.5, 0.6) is 0 Å². The predicted molar refractivity (Wildman–Crippen MR) is 177 cm³/mol. The van der Waals surface area contributed by atoms with Crippen molar-refractivity contribution < 1.29 is 57.2 Å². The van der Waals surface area contributed by atoms with Crippen molar-refractivity contribution in [3.63, 3.8) is 0 Å². The van der Waals surface area contributed by atoms with Gasteiger partial charge in [0.25, 0.3) is 0 Å². The number of benzene rings is 2. The maximum Gasteiger partial charge on any atom is 0.508 e. The van der Waals surface area contributed by atoms with Crippen LogP contribution in [0.3, 0.4) is 0 Å². The Balaban J connectivity index is 0. The first kappa shape index (κ1) is 44.6. The van der Waals surface area contributed by atoms with Gasteiger partial charge in [0.05, 0.1) is 0 Å². The molecule has 0 aromatic heterocycles. The maximum absolute atomic E-state index is 11.9. The Kier molecular flexibility index (Phi) is 19.8. The van der Waals surface area contributed by atoms with Crippen LogP contribution in [0.25, 0.3) is 0 Å². The Morgan fingerprint density at radius 1 is 0.583 bits per heavy atom. The van der Waals surface area contributed by atoms with Crippen molar-refractivity contribution in [3.8, 4) is 0 Å². The van der Waals surface area contributed by atoms with E-state index in [2.05, 4.69) is 40.2 Å². The van der Waals surface area contributed by atoms with Crippen LogP contribution in [0, 0.1) is 10.8 Å². The van der Waals surface area contributed by atoms with Gasteiger partial charge in [-0.05, 0) is 38.1 Å². The summed E-state index contributed by atoms with van der Waals surface area (Å²) in [5, 5.41) is 9.92. The second kappa shape index (κ2) is 21.3. The number of urea groups is 2. The Bertz CT molecular complexity index is 1200. The minimum Gasteiger partial charge on any atom is -0.444 e.